The fourth-order valence-corrected chi connectivity index (χ4v) is 2.17. The first-order valence-electron chi connectivity index (χ1n) is 6.04. The molecule has 7 nitrogen and oxygen atoms in total. The minimum absolute atomic E-state index is 0.0826. The van der Waals surface area contributed by atoms with E-state index < -0.39 is 10.9 Å². The van der Waals surface area contributed by atoms with E-state index in [0.29, 0.717) is 11.1 Å². The highest BCUT2D eigenvalue weighted by Gasteiger charge is 2.18. The standard InChI is InChI=1S/C14H9N3O4/c18-14(19)9-5-2-1-4-8(9)13-15-10-6-3-7-11(17(20)21)12(10)16-13/h1-7H,(H,15,16)(H,18,19). The SMILES string of the molecule is O=C(O)c1ccccc1-c1nc2c([N+](=O)[O-])cccc2[nH]1. The predicted molar refractivity (Wildman–Crippen MR) is 75.1 cm³/mol. The van der Waals surface area contributed by atoms with E-state index in [1.54, 1.807) is 30.3 Å². The minimum Gasteiger partial charge on any atom is -0.478 e. The number of nitro benzene ring substituents is 1. The lowest BCUT2D eigenvalue weighted by molar-refractivity contribution is -0.383. The third-order valence-corrected chi connectivity index (χ3v) is 3.10. The Kier molecular flexibility index (Phi) is 2.87. The molecule has 2 aromatic carbocycles. The summed E-state index contributed by atoms with van der Waals surface area (Å²) in [5, 5.41) is 20.2. The van der Waals surface area contributed by atoms with Crippen LogP contribution in [0.3, 0.4) is 0 Å². The van der Waals surface area contributed by atoms with Crippen LogP contribution in [0.4, 0.5) is 5.69 Å². The van der Waals surface area contributed by atoms with Crippen LogP contribution in [0, 0.1) is 10.1 Å². The summed E-state index contributed by atoms with van der Waals surface area (Å²) < 4.78 is 0. The maximum Gasteiger partial charge on any atom is 0.336 e. The van der Waals surface area contributed by atoms with Crippen molar-refractivity contribution in [2.45, 2.75) is 0 Å². The normalized spacial score (nSPS) is 10.7. The highest BCUT2D eigenvalue weighted by Crippen LogP contribution is 2.28. The minimum atomic E-state index is -1.08. The Labute approximate surface area is 118 Å². The lowest BCUT2D eigenvalue weighted by atomic mass is 10.1. The molecule has 0 aliphatic carbocycles. The zero-order valence-corrected chi connectivity index (χ0v) is 10.6. The van der Waals surface area contributed by atoms with Crippen LogP contribution >= 0.6 is 0 Å². The fourth-order valence-electron chi connectivity index (χ4n) is 2.17. The van der Waals surface area contributed by atoms with Gasteiger partial charge in [0, 0.05) is 11.6 Å². The highest BCUT2D eigenvalue weighted by molar-refractivity contribution is 5.96. The number of rotatable bonds is 3. The lowest BCUT2D eigenvalue weighted by Gasteiger charge is -2.01. The third-order valence-electron chi connectivity index (χ3n) is 3.10. The van der Waals surface area contributed by atoms with Crippen LogP contribution in [0.25, 0.3) is 22.4 Å². The van der Waals surface area contributed by atoms with E-state index in [1.165, 1.54) is 12.1 Å². The molecule has 0 amide bonds. The van der Waals surface area contributed by atoms with Gasteiger partial charge in [-0.3, -0.25) is 10.1 Å². The number of imidazole rings is 1. The number of aromatic amines is 1. The van der Waals surface area contributed by atoms with Crippen LogP contribution in [-0.2, 0) is 0 Å². The molecular formula is C14H9N3O4. The summed E-state index contributed by atoms with van der Waals surface area (Å²) in [6.07, 6.45) is 0. The molecule has 0 saturated carbocycles. The van der Waals surface area contributed by atoms with Crippen molar-refractivity contribution in [3.63, 3.8) is 0 Å². The molecule has 3 rings (SSSR count). The first kappa shape index (κ1) is 12.8. The number of hydrogen-bond acceptors (Lipinski definition) is 4. The summed E-state index contributed by atoms with van der Waals surface area (Å²) in [6, 6.07) is 10.9. The van der Waals surface area contributed by atoms with Gasteiger partial charge in [-0.1, -0.05) is 24.3 Å². The Balaban J connectivity index is 2.26. The van der Waals surface area contributed by atoms with Crippen molar-refractivity contribution >= 4 is 22.7 Å². The Hall–Kier alpha value is -3.22. The molecule has 7 heteroatoms. The van der Waals surface area contributed by atoms with Crippen molar-refractivity contribution in [1.82, 2.24) is 9.97 Å². The van der Waals surface area contributed by atoms with Gasteiger partial charge < -0.3 is 10.1 Å². The molecule has 0 fully saturated rings. The third kappa shape index (κ3) is 2.10. The van der Waals surface area contributed by atoms with Crippen molar-refractivity contribution in [3.05, 3.63) is 58.1 Å². The number of nitrogens with zero attached hydrogens (tertiary/aromatic N) is 2. The van der Waals surface area contributed by atoms with Gasteiger partial charge in [0.15, 0.2) is 5.52 Å². The Bertz CT molecular complexity index is 870. The van der Waals surface area contributed by atoms with Gasteiger partial charge in [0.05, 0.1) is 16.0 Å². The largest absolute Gasteiger partial charge is 0.478 e. The van der Waals surface area contributed by atoms with Crippen LogP contribution in [-0.4, -0.2) is 26.0 Å². The van der Waals surface area contributed by atoms with E-state index in [2.05, 4.69) is 9.97 Å². The predicted octanol–water partition coefficient (Wildman–Crippen LogP) is 2.84. The van der Waals surface area contributed by atoms with Gasteiger partial charge in [-0.05, 0) is 12.1 Å². The summed E-state index contributed by atoms with van der Waals surface area (Å²) in [7, 11) is 0. The summed E-state index contributed by atoms with van der Waals surface area (Å²) in [6.45, 7) is 0. The number of hydrogen-bond donors (Lipinski definition) is 2. The molecule has 0 saturated heterocycles. The van der Waals surface area contributed by atoms with Crippen LogP contribution in [0.2, 0.25) is 0 Å². The number of fused-ring (bicyclic) bond motifs is 1. The van der Waals surface area contributed by atoms with Gasteiger partial charge in [0.1, 0.15) is 5.82 Å². The van der Waals surface area contributed by atoms with Gasteiger partial charge in [0.25, 0.3) is 5.69 Å². The smallest absolute Gasteiger partial charge is 0.336 e. The van der Waals surface area contributed by atoms with Crippen molar-refractivity contribution < 1.29 is 14.8 Å². The van der Waals surface area contributed by atoms with E-state index in [1.807, 2.05) is 0 Å². The molecule has 0 spiro atoms. The maximum absolute atomic E-state index is 11.2. The van der Waals surface area contributed by atoms with E-state index in [9.17, 15) is 20.0 Å². The summed E-state index contributed by atoms with van der Waals surface area (Å²) in [5.74, 6) is -0.794. The number of carboxylic acid groups (broad SMARTS) is 1. The Morgan fingerprint density at radius 1 is 1.19 bits per heavy atom. The second-order valence-electron chi connectivity index (χ2n) is 4.37. The van der Waals surface area contributed by atoms with E-state index in [4.69, 9.17) is 0 Å². The van der Waals surface area contributed by atoms with Gasteiger partial charge in [0.2, 0.25) is 0 Å². The highest BCUT2D eigenvalue weighted by atomic mass is 16.6. The molecule has 0 aliphatic heterocycles. The van der Waals surface area contributed by atoms with Gasteiger partial charge in [-0.2, -0.15) is 0 Å². The number of carboxylic acids is 1. The zero-order chi connectivity index (χ0) is 15.0. The van der Waals surface area contributed by atoms with Crippen molar-refractivity contribution in [1.29, 1.82) is 0 Å². The molecule has 3 aromatic rings. The molecule has 1 heterocycles. The zero-order valence-electron chi connectivity index (χ0n) is 10.6. The average Bonchev–Trinajstić information content (AvgIpc) is 2.90. The van der Waals surface area contributed by atoms with Crippen LogP contribution in [0.15, 0.2) is 42.5 Å². The van der Waals surface area contributed by atoms with Crippen LogP contribution < -0.4 is 0 Å². The van der Waals surface area contributed by atoms with Gasteiger partial charge >= 0.3 is 5.97 Å². The van der Waals surface area contributed by atoms with Crippen molar-refractivity contribution in [2.75, 3.05) is 0 Å². The molecule has 0 radical (unpaired) electrons. The molecule has 0 unspecified atom stereocenters. The van der Waals surface area contributed by atoms with Crippen LogP contribution in [0.1, 0.15) is 10.4 Å². The second-order valence-corrected chi connectivity index (χ2v) is 4.37. The summed E-state index contributed by atoms with van der Waals surface area (Å²) in [4.78, 5) is 28.8. The lowest BCUT2D eigenvalue weighted by Crippen LogP contribution is -1.99. The average molecular weight is 283 g/mol. The van der Waals surface area contributed by atoms with E-state index >= 15 is 0 Å². The topological polar surface area (TPSA) is 109 Å². The number of nitro groups is 1. The molecule has 2 N–H and O–H groups in total. The molecule has 0 atom stereocenters. The number of non-ortho nitro benzene ring substituents is 1. The first-order valence-corrected chi connectivity index (χ1v) is 6.04. The van der Waals surface area contributed by atoms with E-state index in [0.717, 1.165) is 0 Å². The quantitative estimate of drug-likeness (QED) is 0.567. The fraction of sp³-hybridized carbons (Fsp3) is 0. The Morgan fingerprint density at radius 3 is 2.67 bits per heavy atom. The van der Waals surface area contributed by atoms with Gasteiger partial charge in [-0.25, -0.2) is 9.78 Å². The maximum atomic E-state index is 11.2. The number of H-pyrrole nitrogens is 1. The number of carbonyl (C=O) groups is 1. The molecule has 104 valence electrons. The van der Waals surface area contributed by atoms with Gasteiger partial charge in [-0.15, -0.1) is 0 Å². The molecule has 0 aliphatic rings. The molecular weight excluding hydrogens is 274 g/mol. The Morgan fingerprint density at radius 2 is 1.95 bits per heavy atom. The summed E-state index contributed by atoms with van der Waals surface area (Å²) in [5.41, 5.74) is 1.04. The van der Waals surface area contributed by atoms with Crippen molar-refractivity contribution in [3.8, 4) is 11.4 Å². The molecule has 21 heavy (non-hydrogen) atoms. The van der Waals surface area contributed by atoms with E-state index in [-0.39, 0.29) is 22.6 Å². The number of benzene rings is 2. The second kappa shape index (κ2) is 4.71. The number of aromatic nitrogens is 2. The molecule has 1 aromatic heterocycles. The number of nitrogens with one attached hydrogen (secondary N) is 1. The number of para-hydroxylation sites is 1. The molecule has 0 bridgehead atoms. The monoisotopic (exact) mass is 283 g/mol. The van der Waals surface area contributed by atoms with Crippen LogP contribution in [0.5, 0.6) is 0 Å². The first-order chi connectivity index (χ1) is 10.1. The number of aromatic carboxylic acids is 1. The van der Waals surface area contributed by atoms with Crippen molar-refractivity contribution in [2.24, 2.45) is 0 Å². The summed E-state index contributed by atoms with van der Waals surface area (Å²) >= 11 is 0.